The molecule has 0 fully saturated rings. The highest BCUT2D eigenvalue weighted by molar-refractivity contribution is 5.84. The lowest BCUT2D eigenvalue weighted by atomic mass is 10.1. The van der Waals surface area contributed by atoms with Crippen LogP contribution < -0.4 is 0 Å². The lowest BCUT2D eigenvalue weighted by Gasteiger charge is -2.05. The van der Waals surface area contributed by atoms with E-state index in [0.717, 1.165) is 13.0 Å². The molecule has 112 valence electrons. The number of hydrogen-bond donors (Lipinski definition) is 0. The van der Waals surface area contributed by atoms with Gasteiger partial charge in [-0.05, 0) is 17.2 Å². The molecule has 0 saturated carbocycles. The first kappa shape index (κ1) is 14.4. The van der Waals surface area contributed by atoms with Gasteiger partial charge in [0, 0.05) is 37.0 Å². The summed E-state index contributed by atoms with van der Waals surface area (Å²) in [6.07, 6.45) is 2.91. The molecule has 3 heteroatoms. The van der Waals surface area contributed by atoms with Gasteiger partial charge in [0.05, 0.1) is 6.61 Å². The van der Waals surface area contributed by atoms with Crippen molar-refractivity contribution in [2.45, 2.75) is 19.9 Å². The number of hydrogen-bond acceptors (Lipinski definition) is 2. The van der Waals surface area contributed by atoms with E-state index in [9.17, 15) is 4.79 Å². The van der Waals surface area contributed by atoms with Crippen LogP contribution in [0.25, 0.3) is 10.9 Å². The molecule has 0 radical (unpaired) electrons. The van der Waals surface area contributed by atoms with Gasteiger partial charge in [-0.1, -0.05) is 48.5 Å². The van der Waals surface area contributed by atoms with Gasteiger partial charge in [0.25, 0.3) is 0 Å². The molecule has 3 aromatic rings. The highest BCUT2D eigenvalue weighted by Crippen LogP contribution is 2.23. The van der Waals surface area contributed by atoms with Crippen molar-refractivity contribution in [2.75, 3.05) is 6.61 Å². The summed E-state index contributed by atoms with van der Waals surface area (Å²) in [7, 11) is 0. The minimum absolute atomic E-state index is 0.229. The fourth-order valence-corrected chi connectivity index (χ4v) is 2.74. The van der Waals surface area contributed by atoms with Crippen LogP contribution in [-0.4, -0.2) is 17.1 Å². The van der Waals surface area contributed by atoms with Gasteiger partial charge in [-0.15, -0.1) is 0 Å². The molecular weight excluding hydrogens is 274 g/mol. The molecule has 0 spiro atoms. The molecule has 0 N–H and O–H groups in total. The van der Waals surface area contributed by atoms with Gasteiger partial charge in [0.1, 0.15) is 0 Å². The summed E-state index contributed by atoms with van der Waals surface area (Å²) in [6, 6.07) is 18.8. The van der Waals surface area contributed by atoms with Gasteiger partial charge in [0.15, 0.2) is 0 Å². The van der Waals surface area contributed by atoms with Crippen LogP contribution >= 0.6 is 0 Å². The van der Waals surface area contributed by atoms with E-state index in [-0.39, 0.29) is 5.97 Å². The van der Waals surface area contributed by atoms with Crippen LogP contribution in [0.3, 0.4) is 0 Å². The normalized spacial score (nSPS) is 10.8. The van der Waals surface area contributed by atoms with Crippen molar-refractivity contribution in [1.29, 1.82) is 0 Å². The van der Waals surface area contributed by atoms with Crippen LogP contribution in [0.4, 0.5) is 0 Å². The molecule has 0 aliphatic heterocycles. The zero-order valence-electron chi connectivity index (χ0n) is 12.7. The first-order valence-corrected chi connectivity index (χ1v) is 7.48. The second-order valence-corrected chi connectivity index (χ2v) is 5.38. The molecule has 0 bridgehead atoms. The SMILES string of the molecule is CC(=O)OCCc1cn(Cc2ccccc2)c2ccccc12. The number of ether oxygens (including phenoxy) is 1. The maximum Gasteiger partial charge on any atom is 0.302 e. The van der Waals surface area contributed by atoms with Crippen molar-refractivity contribution >= 4 is 16.9 Å². The molecule has 3 nitrogen and oxygen atoms in total. The first-order chi connectivity index (χ1) is 10.7. The molecule has 3 rings (SSSR count). The Morgan fingerprint density at radius 2 is 1.77 bits per heavy atom. The Bertz CT molecular complexity index is 774. The van der Waals surface area contributed by atoms with E-state index < -0.39 is 0 Å². The van der Waals surface area contributed by atoms with Crippen molar-refractivity contribution in [1.82, 2.24) is 4.57 Å². The highest BCUT2D eigenvalue weighted by Gasteiger charge is 2.08. The average molecular weight is 293 g/mol. The van der Waals surface area contributed by atoms with E-state index in [1.165, 1.54) is 29.0 Å². The molecule has 0 atom stereocenters. The molecular formula is C19H19NO2. The van der Waals surface area contributed by atoms with Crippen molar-refractivity contribution < 1.29 is 9.53 Å². The predicted molar refractivity (Wildman–Crippen MR) is 87.8 cm³/mol. The molecule has 0 saturated heterocycles. The quantitative estimate of drug-likeness (QED) is 0.670. The molecule has 0 amide bonds. The minimum atomic E-state index is -0.229. The summed E-state index contributed by atoms with van der Waals surface area (Å²) in [6.45, 7) is 2.71. The van der Waals surface area contributed by atoms with Crippen LogP contribution in [0.15, 0.2) is 60.8 Å². The van der Waals surface area contributed by atoms with Gasteiger partial charge in [-0.25, -0.2) is 0 Å². The van der Waals surface area contributed by atoms with Crippen molar-refractivity contribution in [3.8, 4) is 0 Å². The smallest absolute Gasteiger partial charge is 0.302 e. The number of nitrogens with zero attached hydrogens (tertiary/aromatic N) is 1. The van der Waals surface area contributed by atoms with Crippen LogP contribution in [0.2, 0.25) is 0 Å². The Kier molecular flexibility index (Phi) is 4.24. The summed E-state index contributed by atoms with van der Waals surface area (Å²) in [5.41, 5.74) is 3.70. The van der Waals surface area contributed by atoms with Crippen molar-refractivity contribution in [3.63, 3.8) is 0 Å². The van der Waals surface area contributed by atoms with E-state index >= 15 is 0 Å². The molecule has 0 unspecified atom stereocenters. The number of benzene rings is 2. The lowest BCUT2D eigenvalue weighted by molar-refractivity contribution is -0.140. The third-order valence-electron chi connectivity index (χ3n) is 3.74. The summed E-state index contributed by atoms with van der Waals surface area (Å²) in [5.74, 6) is -0.229. The maximum absolute atomic E-state index is 10.9. The lowest BCUT2D eigenvalue weighted by Crippen LogP contribution is -2.03. The topological polar surface area (TPSA) is 31.2 Å². The maximum atomic E-state index is 10.9. The molecule has 0 aliphatic rings. The number of rotatable bonds is 5. The van der Waals surface area contributed by atoms with E-state index in [2.05, 4.69) is 53.2 Å². The number of esters is 1. The average Bonchev–Trinajstić information content (AvgIpc) is 2.86. The van der Waals surface area contributed by atoms with Crippen molar-refractivity contribution in [2.24, 2.45) is 0 Å². The molecule has 22 heavy (non-hydrogen) atoms. The molecule has 1 aromatic heterocycles. The predicted octanol–water partition coefficient (Wildman–Crippen LogP) is 3.80. The van der Waals surface area contributed by atoms with Crippen LogP contribution in [0.1, 0.15) is 18.1 Å². The van der Waals surface area contributed by atoms with Crippen LogP contribution in [-0.2, 0) is 22.5 Å². The Balaban J connectivity index is 1.88. The van der Waals surface area contributed by atoms with Gasteiger partial charge < -0.3 is 9.30 Å². The van der Waals surface area contributed by atoms with Gasteiger partial charge in [0.2, 0.25) is 0 Å². The fraction of sp³-hybridized carbons (Fsp3) is 0.211. The monoisotopic (exact) mass is 293 g/mol. The molecule has 1 heterocycles. The van der Waals surface area contributed by atoms with Gasteiger partial charge >= 0.3 is 5.97 Å². The summed E-state index contributed by atoms with van der Waals surface area (Å²) in [4.78, 5) is 10.9. The van der Waals surface area contributed by atoms with Gasteiger partial charge in [-0.2, -0.15) is 0 Å². The number of carbonyl (C=O) groups excluding carboxylic acids is 1. The van der Waals surface area contributed by atoms with Crippen LogP contribution in [0, 0.1) is 0 Å². The summed E-state index contributed by atoms with van der Waals surface area (Å²) < 4.78 is 7.33. The number of para-hydroxylation sites is 1. The van der Waals surface area contributed by atoms with Gasteiger partial charge in [-0.3, -0.25) is 4.79 Å². The molecule has 2 aromatic carbocycles. The number of aromatic nitrogens is 1. The summed E-state index contributed by atoms with van der Waals surface area (Å²) in [5, 5.41) is 1.23. The second kappa shape index (κ2) is 6.48. The Hall–Kier alpha value is -2.55. The Morgan fingerprint density at radius 1 is 1.05 bits per heavy atom. The van der Waals surface area contributed by atoms with E-state index in [0.29, 0.717) is 6.61 Å². The van der Waals surface area contributed by atoms with Crippen molar-refractivity contribution in [3.05, 3.63) is 71.9 Å². The van der Waals surface area contributed by atoms with E-state index in [1.54, 1.807) is 0 Å². The summed E-state index contributed by atoms with van der Waals surface area (Å²) >= 11 is 0. The number of fused-ring (bicyclic) bond motifs is 1. The number of carbonyl (C=O) groups is 1. The Morgan fingerprint density at radius 3 is 2.55 bits per heavy atom. The third-order valence-corrected chi connectivity index (χ3v) is 3.74. The second-order valence-electron chi connectivity index (χ2n) is 5.38. The zero-order chi connectivity index (χ0) is 15.4. The standard InChI is InChI=1S/C19H19NO2/c1-15(21)22-12-11-17-14-20(13-16-7-3-2-4-8-16)19-10-6-5-9-18(17)19/h2-10,14H,11-13H2,1H3. The third kappa shape index (κ3) is 3.19. The highest BCUT2D eigenvalue weighted by atomic mass is 16.5. The fourth-order valence-electron chi connectivity index (χ4n) is 2.74. The van der Waals surface area contributed by atoms with Crippen LogP contribution in [0.5, 0.6) is 0 Å². The van der Waals surface area contributed by atoms with E-state index in [1.807, 2.05) is 12.1 Å². The first-order valence-electron chi connectivity index (χ1n) is 7.48. The Labute approximate surface area is 130 Å². The minimum Gasteiger partial charge on any atom is -0.466 e. The zero-order valence-corrected chi connectivity index (χ0v) is 12.7. The molecule has 0 aliphatic carbocycles. The van der Waals surface area contributed by atoms with E-state index in [4.69, 9.17) is 4.74 Å². The largest absolute Gasteiger partial charge is 0.466 e.